The highest BCUT2D eigenvalue weighted by Crippen LogP contribution is 2.26. The van der Waals surface area contributed by atoms with Gasteiger partial charge in [0.25, 0.3) is 0 Å². The third kappa shape index (κ3) is 7.92. The molecule has 1 rings (SSSR count). The van der Waals surface area contributed by atoms with Gasteiger partial charge in [-0.15, -0.1) is 0 Å². The van der Waals surface area contributed by atoms with Crippen LogP contribution in [0.3, 0.4) is 0 Å². The minimum atomic E-state index is -4.27. The summed E-state index contributed by atoms with van der Waals surface area (Å²) in [7, 11) is 3.90. The van der Waals surface area contributed by atoms with E-state index >= 15 is 0 Å². The predicted molar refractivity (Wildman–Crippen MR) is 77.5 cm³/mol. The largest absolute Gasteiger partial charge is 0.391 e. The molecular weight excluding hydrogens is 305 g/mol. The van der Waals surface area contributed by atoms with Crippen LogP contribution in [-0.2, 0) is 9.53 Å². The molecule has 1 aliphatic heterocycles. The molecule has 1 saturated heterocycles. The van der Waals surface area contributed by atoms with Crippen LogP contribution in [0.4, 0.5) is 13.2 Å². The van der Waals surface area contributed by atoms with Crippen molar-refractivity contribution in [1.82, 2.24) is 9.80 Å². The number of morpholine rings is 1. The Morgan fingerprint density at radius 2 is 2.05 bits per heavy atom. The maximum absolute atomic E-state index is 12.4. The van der Waals surface area contributed by atoms with Crippen LogP contribution in [-0.4, -0.2) is 79.3 Å². The highest BCUT2D eigenvalue weighted by molar-refractivity contribution is 7.99. The molecule has 0 aliphatic carbocycles. The molecule has 0 saturated carbocycles. The Morgan fingerprint density at radius 3 is 2.62 bits per heavy atom. The van der Waals surface area contributed by atoms with Gasteiger partial charge in [-0.25, -0.2) is 0 Å². The second kappa shape index (κ2) is 8.24. The summed E-state index contributed by atoms with van der Waals surface area (Å²) < 4.78 is 42.6. The van der Waals surface area contributed by atoms with Crippen LogP contribution in [0.5, 0.6) is 0 Å². The molecule has 21 heavy (non-hydrogen) atoms. The lowest BCUT2D eigenvalue weighted by molar-refractivity contribution is -0.183. The highest BCUT2D eigenvalue weighted by Gasteiger charge is 2.37. The normalized spacial score (nSPS) is 23.7. The van der Waals surface area contributed by atoms with Crippen LogP contribution in [0.2, 0.25) is 0 Å². The van der Waals surface area contributed by atoms with E-state index in [4.69, 9.17) is 4.74 Å². The number of nitrogens with zero attached hydrogens (tertiary/aromatic N) is 2. The molecular formula is C13H23F3N2O2S. The maximum atomic E-state index is 12.4. The number of thioether (sulfide) groups is 1. The summed E-state index contributed by atoms with van der Waals surface area (Å²) in [5.74, 6) is 1.02. The summed E-state index contributed by atoms with van der Waals surface area (Å²) in [6.45, 7) is 2.95. The standard InChI is InChI=1S/C13H23F3N2O2S/c1-10-7-18(8-11(20-10)6-13(14,15)16)12(19)9-21-5-4-17(2)3/h10-11H,4-9H2,1-3H3. The first-order valence-electron chi connectivity index (χ1n) is 6.90. The fourth-order valence-corrected chi connectivity index (χ4v) is 3.11. The Labute approximate surface area is 128 Å². The van der Waals surface area contributed by atoms with Crippen molar-refractivity contribution in [3.8, 4) is 0 Å². The Bertz CT molecular complexity index is 340. The van der Waals surface area contributed by atoms with Crippen molar-refractivity contribution >= 4 is 17.7 Å². The molecule has 4 nitrogen and oxygen atoms in total. The zero-order chi connectivity index (χ0) is 16.0. The lowest BCUT2D eigenvalue weighted by Crippen LogP contribution is -2.50. The second-order valence-corrected chi connectivity index (χ2v) is 6.65. The van der Waals surface area contributed by atoms with Crippen LogP contribution in [0.1, 0.15) is 13.3 Å². The van der Waals surface area contributed by atoms with Crippen molar-refractivity contribution in [2.75, 3.05) is 45.2 Å². The molecule has 8 heteroatoms. The second-order valence-electron chi connectivity index (χ2n) is 5.54. The third-order valence-electron chi connectivity index (χ3n) is 3.05. The molecule has 0 spiro atoms. The average Bonchev–Trinajstić information content (AvgIpc) is 2.31. The summed E-state index contributed by atoms with van der Waals surface area (Å²) in [6.07, 6.45) is -6.59. The van der Waals surface area contributed by atoms with E-state index in [0.717, 1.165) is 12.3 Å². The first-order valence-corrected chi connectivity index (χ1v) is 8.05. The summed E-state index contributed by atoms with van der Waals surface area (Å²) in [6, 6.07) is 0. The number of hydrogen-bond acceptors (Lipinski definition) is 4. The van der Waals surface area contributed by atoms with E-state index in [1.54, 1.807) is 6.92 Å². The molecule has 1 amide bonds. The van der Waals surface area contributed by atoms with E-state index in [9.17, 15) is 18.0 Å². The van der Waals surface area contributed by atoms with E-state index < -0.39 is 18.7 Å². The van der Waals surface area contributed by atoms with Gasteiger partial charge in [-0.3, -0.25) is 4.79 Å². The van der Waals surface area contributed by atoms with Gasteiger partial charge in [0.15, 0.2) is 0 Å². The van der Waals surface area contributed by atoms with Gasteiger partial charge in [0, 0.05) is 25.4 Å². The molecule has 0 aromatic carbocycles. The number of carbonyl (C=O) groups excluding carboxylic acids is 1. The van der Waals surface area contributed by atoms with E-state index in [1.807, 2.05) is 19.0 Å². The summed E-state index contributed by atoms with van der Waals surface area (Å²) >= 11 is 1.50. The molecule has 0 bridgehead atoms. The zero-order valence-corrected chi connectivity index (χ0v) is 13.5. The van der Waals surface area contributed by atoms with Crippen molar-refractivity contribution in [2.45, 2.75) is 31.7 Å². The van der Waals surface area contributed by atoms with E-state index in [1.165, 1.54) is 16.7 Å². The van der Waals surface area contributed by atoms with Gasteiger partial charge in [-0.05, 0) is 21.0 Å². The minimum Gasteiger partial charge on any atom is -0.371 e. The number of amides is 1. The van der Waals surface area contributed by atoms with Gasteiger partial charge in [-0.2, -0.15) is 24.9 Å². The van der Waals surface area contributed by atoms with Crippen LogP contribution in [0.15, 0.2) is 0 Å². The van der Waals surface area contributed by atoms with E-state index in [0.29, 0.717) is 12.3 Å². The molecule has 1 heterocycles. The molecule has 0 aromatic heterocycles. The highest BCUT2D eigenvalue weighted by atomic mass is 32.2. The number of alkyl halides is 3. The minimum absolute atomic E-state index is 0.0247. The van der Waals surface area contributed by atoms with Crippen molar-refractivity contribution in [3.63, 3.8) is 0 Å². The zero-order valence-electron chi connectivity index (χ0n) is 12.7. The SMILES string of the molecule is CC1CN(C(=O)CSCCN(C)C)CC(CC(F)(F)F)O1. The molecule has 124 valence electrons. The first kappa shape index (κ1) is 18.6. The molecule has 0 aromatic rings. The van der Waals surface area contributed by atoms with Gasteiger partial charge in [-0.1, -0.05) is 0 Å². The smallest absolute Gasteiger partial charge is 0.371 e. The molecule has 1 fully saturated rings. The van der Waals surface area contributed by atoms with E-state index in [2.05, 4.69) is 0 Å². The summed E-state index contributed by atoms with van der Waals surface area (Å²) in [5.41, 5.74) is 0. The summed E-state index contributed by atoms with van der Waals surface area (Å²) in [4.78, 5) is 15.6. The van der Waals surface area contributed by atoms with Crippen molar-refractivity contribution in [2.24, 2.45) is 0 Å². The van der Waals surface area contributed by atoms with Crippen molar-refractivity contribution in [1.29, 1.82) is 0 Å². The van der Waals surface area contributed by atoms with Gasteiger partial charge >= 0.3 is 6.18 Å². The number of rotatable bonds is 6. The number of hydrogen-bond donors (Lipinski definition) is 0. The average molecular weight is 328 g/mol. The lowest BCUT2D eigenvalue weighted by atomic mass is 10.1. The van der Waals surface area contributed by atoms with Gasteiger partial charge in [0.2, 0.25) is 5.91 Å². The summed E-state index contributed by atoms with van der Waals surface area (Å²) in [5, 5.41) is 0. The Kier molecular flexibility index (Phi) is 7.29. The van der Waals surface area contributed by atoms with Crippen molar-refractivity contribution < 1.29 is 22.7 Å². The van der Waals surface area contributed by atoms with Gasteiger partial charge < -0.3 is 14.5 Å². The van der Waals surface area contributed by atoms with Crippen LogP contribution < -0.4 is 0 Å². The first-order chi connectivity index (χ1) is 9.67. The fourth-order valence-electron chi connectivity index (χ4n) is 2.12. The van der Waals surface area contributed by atoms with Gasteiger partial charge in [0.05, 0.1) is 24.4 Å². The number of halogens is 3. The van der Waals surface area contributed by atoms with Crippen molar-refractivity contribution in [3.05, 3.63) is 0 Å². The monoisotopic (exact) mass is 328 g/mol. The van der Waals surface area contributed by atoms with Crippen LogP contribution >= 0.6 is 11.8 Å². The van der Waals surface area contributed by atoms with Crippen LogP contribution in [0, 0.1) is 0 Å². The number of ether oxygens (including phenoxy) is 1. The molecule has 1 aliphatic rings. The lowest BCUT2D eigenvalue weighted by Gasteiger charge is -2.37. The quantitative estimate of drug-likeness (QED) is 0.697. The fraction of sp³-hybridized carbons (Fsp3) is 0.923. The molecule has 0 radical (unpaired) electrons. The Balaban J connectivity index is 2.40. The number of carbonyl (C=O) groups is 1. The topological polar surface area (TPSA) is 32.8 Å². The third-order valence-corrected chi connectivity index (χ3v) is 3.97. The van der Waals surface area contributed by atoms with Gasteiger partial charge in [0.1, 0.15) is 0 Å². The molecule has 2 atom stereocenters. The maximum Gasteiger partial charge on any atom is 0.391 e. The van der Waals surface area contributed by atoms with E-state index in [-0.39, 0.29) is 18.6 Å². The van der Waals surface area contributed by atoms with Crippen LogP contribution in [0.25, 0.3) is 0 Å². The predicted octanol–water partition coefficient (Wildman–Crippen LogP) is 1.85. The Morgan fingerprint density at radius 1 is 1.38 bits per heavy atom. The molecule has 2 unspecified atom stereocenters. The Hall–Kier alpha value is -0.470. The molecule has 0 N–H and O–H groups in total.